The van der Waals surface area contributed by atoms with Crippen LogP contribution in [0.5, 0.6) is 5.75 Å². The number of hydrogen-bond donors (Lipinski definition) is 2. The number of aliphatic hydroxyl groups excluding tert-OH is 1. The smallest absolute Gasteiger partial charge is 0.328 e. The number of carbonyl (C=O) groups excluding carboxylic acids is 2. The number of hydrogen-bond acceptors (Lipinski definition) is 5. The lowest BCUT2D eigenvalue weighted by atomic mass is 9.70. The summed E-state index contributed by atoms with van der Waals surface area (Å²) in [6.07, 6.45) is 0.834. The van der Waals surface area contributed by atoms with E-state index in [-0.39, 0.29) is 22.8 Å². The Balaban J connectivity index is 2.38. The lowest BCUT2D eigenvalue weighted by Gasteiger charge is -2.35. The predicted octanol–water partition coefficient (Wildman–Crippen LogP) is 5.88. The number of carbonyl (C=O) groups is 2. The second-order valence-corrected chi connectivity index (χ2v) is 11.2. The molecule has 204 valence electrons. The van der Waals surface area contributed by atoms with Gasteiger partial charge in [-0.15, -0.1) is 0 Å². The highest BCUT2D eigenvalue weighted by Crippen LogP contribution is 2.41. The first kappa shape index (κ1) is 30.4. The molecular weight excluding hydrogens is 466 g/mol. The third kappa shape index (κ3) is 6.72. The third-order valence-electron chi connectivity index (χ3n) is 7.51. The largest absolute Gasteiger partial charge is 0.488 e. The molecule has 0 aromatic heterocycles. The third-order valence-corrected chi connectivity index (χ3v) is 7.51. The maximum Gasteiger partial charge on any atom is 0.328 e. The second-order valence-electron chi connectivity index (χ2n) is 11.2. The zero-order valence-corrected chi connectivity index (χ0v) is 24.2. The van der Waals surface area contributed by atoms with E-state index in [1.165, 1.54) is 12.7 Å². The Morgan fingerprint density at radius 2 is 1.49 bits per heavy atom. The first-order valence-electron chi connectivity index (χ1n) is 13.2. The SMILES string of the molecule is CCC(CC)(c1ccc(OC(C)C(O)C(C)(C)C)c(C)c1)c1ccc(C(=O)N[C@@H](C)C(=O)OC)c(C)c1. The zero-order chi connectivity index (χ0) is 28.1. The number of methoxy groups -OCH3 is 1. The number of aliphatic hydroxyl groups is 1. The standard InChI is InChI=1S/C31H45NO5/c1-11-31(12-2,23-13-15-25(19(3)17-23)28(34)32-21(5)29(35)36-10)24-14-16-26(20(4)18-24)37-22(6)27(33)30(7,8)9/h13-18,21-22,27,33H,11-12H2,1-10H3,(H,32,34)/t21-,22?,27?/m0/s1. The summed E-state index contributed by atoms with van der Waals surface area (Å²) in [6.45, 7) is 17.8. The summed E-state index contributed by atoms with van der Waals surface area (Å²) in [4.78, 5) is 24.5. The minimum absolute atomic E-state index is 0.237. The van der Waals surface area contributed by atoms with Crippen molar-refractivity contribution in [2.24, 2.45) is 5.41 Å². The first-order valence-corrected chi connectivity index (χ1v) is 13.2. The van der Waals surface area contributed by atoms with Crippen molar-refractivity contribution in [2.45, 2.75) is 98.8 Å². The number of esters is 1. The molecule has 2 unspecified atom stereocenters. The molecular formula is C31H45NO5. The molecule has 6 nitrogen and oxygen atoms in total. The van der Waals surface area contributed by atoms with Gasteiger partial charge in [0.2, 0.25) is 0 Å². The molecule has 37 heavy (non-hydrogen) atoms. The van der Waals surface area contributed by atoms with Crippen LogP contribution < -0.4 is 10.1 Å². The number of rotatable bonds is 10. The Kier molecular flexibility index (Phi) is 9.95. The quantitative estimate of drug-likeness (QED) is 0.390. The molecule has 0 fully saturated rings. The van der Waals surface area contributed by atoms with Crippen LogP contribution in [-0.2, 0) is 14.9 Å². The van der Waals surface area contributed by atoms with Crippen molar-refractivity contribution in [3.63, 3.8) is 0 Å². The summed E-state index contributed by atoms with van der Waals surface area (Å²) >= 11 is 0. The summed E-state index contributed by atoms with van der Waals surface area (Å²) in [5, 5.41) is 13.3. The first-order chi connectivity index (χ1) is 17.2. The Bertz CT molecular complexity index is 1100. The molecule has 2 aromatic carbocycles. The highest BCUT2D eigenvalue weighted by Gasteiger charge is 2.33. The van der Waals surface area contributed by atoms with E-state index in [4.69, 9.17) is 9.47 Å². The fraction of sp³-hybridized carbons (Fsp3) is 0.548. The van der Waals surface area contributed by atoms with E-state index in [0.29, 0.717) is 5.56 Å². The van der Waals surface area contributed by atoms with E-state index < -0.39 is 18.1 Å². The highest BCUT2D eigenvalue weighted by molar-refractivity contribution is 5.98. The number of ether oxygens (including phenoxy) is 2. The van der Waals surface area contributed by atoms with Gasteiger partial charge >= 0.3 is 5.97 Å². The molecule has 0 aliphatic rings. The van der Waals surface area contributed by atoms with Crippen molar-refractivity contribution in [1.29, 1.82) is 0 Å². The van der Waals surface area contributed by atoms with Crippen LogP contribution in [0, 0.1) is 19.3 Å². The van der Waals surface area contributed by atoms with Gasteiger partial charge in [-0.1, -0.05) is 58.9 Å². The monoisotopic (exact) mass is 511 g/mol. The van der Waals surface area contributed by atoms with Gasteiger partial charge in [0.05, 0.1) is 13.2 Å². The molecule has 0 bridgehead atoms. The maximum atomic E-state index is 12.8. The Morgan fingerprint density at radius 1 is 0.946 bits per heavy atom. The number of amides is 1. The van der Waals surface area contributed by atoms with E-state index in [1.807, 2.05) is 59.7 Å². The number of nitrogens with one attached hydrogen (secondary N) is 1. The van der Waals surface area contributed by atoms with E-state index in [2.05, 4.69) is 37.4 Å². The Labute approximate surface area is 222 Å². The summed E-state index contributed by atoms with van der Waals surface area (Å²) < 4.78 is 10.9. The molecule has 2 rings (SSSR count). The van der Waals surface area contributed by atoms with Crippen LogP contribution in [0.4, 0.5) is 0 Å². The van der Waals surface area contributed by atoms with Crippen LogP contribution in [-0.4, -0.2) is 42.3 Å². The average Bonchev–Trinajstić information content (AvgIpc) is 2.84. The van der Waals surface area contributed by atoms with Gasteiger partial charge in [-0.05, 0) is 80.3 Å². The molecule has 0 aliphatic heterocycles. The van der Waals surface area contributed by atoms with Gasteiger partial charge in [0.1, 0.15) is 17.9 Å². The predicted molar refractivity (Wildman–Crippen MR) is 148 cm³/mol. The van der Waals surface area contributed by atoms with Crippen LogP contribution in [0.25, 0.3) is 0 Å². The summed E-state index contributed by atoms with van der Waals surface area (Å²) in [5.41, 5.74) is 4.21. The molecule has 2 N–H and O–H groups in total. The molecule has 0 saturated heterocycles. The van der Waals surface area contributed by atoms with E-state index in [1.54, 1.807) is 6.92 Å². The number of aryl methyl sites for hydroxylation is 2. The number of benzene rings is 2. The average molecular weight is 512 g/mol. The molecule has 2 aromatic rings. The van der Waals surface area contributed by atoms with E-state index >= 15 is 0 Å². The van der Waals surface area contributed by atoms with Crippen LogP contribution in [0.15, 0.2) is 36.4 Å². The maximum absolute atomic E-state index is 12.8. The van der Waals surface area contributed by atoms with Crippen molar-refractivity contribution in [3.8, 4) is 5.75 Å². The molecule has 0 spiro atoms. The van der Waals surface area contributed by atoms with Gasteiger partial charge in [0.25, 0.3) is 5.91 Å². The van der Waals surface area contributed by atoms with Crippen LogP contribution >= 0.6 is 0 Å². The van der Waals surface area contributed by atoms with Gasteiger partial charge in [0.15, 0.2) is 0 Å². The normalized spacial score (nSPS) is 14.5. The van der Waals surface area contributed by atoms with Crippen molar-refractivity contribution in [1.82, 2.24) is 5.32 Å². The molecule has 3 atom stereocenters. The molecule has 0 saturated carbocycles. The minimum atomic E-state index is -0.724. The molecule has 0 radical (unpaired) electrons. The molecule has 0 heterocycles. The Morgan fingerprint density at radius 3 is 1.95 bits per heavy atom. The second kappa shape index (κ2) is 12.1. The lowest BCUT2D eigenvalue weighted by molar-refractivity contribution is -0.142. The summed E-state index contributed by atoms with van der Waals surface area (Å²) in [5.74, 6) is -0.0169. The van der Waals surface area contributed by atoms with Gasteiger partial charge in [-0.2, -0.15) is 0 Å². The van der Waals surface area contributed by atoms with Gasteiger partial charge in [-0.3, -0.25) is 4.79 Å². The lowest BCUT2D eigenvalue weighted by Crippen LogP contribution is -2.39. The zero-order valence-electron chi connectivity index (χ0n) is 24.2. The van der Waals surface area contributed by atoms with Crippen molar-refractivity contribution >= 4 is 11.9 Å². The molecule has 0 aliphatic carbocycles. The van der Waals surface area contributed by atoms with Crippen LogP contribution in [0.2, 0.25) is 0 Å². The van der Waals surface area contributed by atoms with Gasteiger partial charge in [0, 0.05) is 11.0 Å². The fourth-order valence-electron chi connectivity index (χ4n) is 5.01. The fourth-order valence-corrected chi connectivity index (χ4v) is 5.01. The Hall–Kier alpha value is -2.86. The summed E-state index contributed by atoms with van der Waals surface area (Å²) in [6, 6.07) is 11.5. The van der Waals surface area contributed by atoms with Crippen molar-refractivity contribution < 1.29 is 24.2 Å². The topological polar surface area (TPSA) is 84.9 Å². The van der Waals surface area contributed by atoms with Crippen LogP contribution in [0.3, 0.4) is 0 Å². The van der Waals surface area contributed by atoms with Gasteiger partial charge in [-0.25, -0.2) is 4.79 Å². The van der Waals surface area contributed by atoms with Crippen LogP contribution in [0.1, 0.15) is 93.9 Å². The van der Waals surface area contributed by atoms with Gasteiger partial charge < -0.3 is 19.9 Å². The van der Waals surface area contributed by atoms with E-state index in [9.17, 15) is 14.7 Å². The van der Waals surface area contributed by atoms with Crippen molar-refractivity contribution in [2.75, 3.05) is 7.11 Å². The van der Waals surface area contributed by atoms with E-state index in [0.717, 1.165) is 35.3 Å². The molecule has 6 heteroatoms. The minimum Gasteiger partial charge on any atom is -0.488 e. The molecule has 1 amide bonds. The summed E-state index contributed by atoms with van der Waals surface area (Å²) in [7, 11) is 1.30. The van der Waals surface area contributed by atoms with Crippen molar-refractivity contribution in [3.05, 3.63) is 64.2 Å². The highest BCUT2D eigenvalue weighted by atomic mass is 16.5.